The molecule has 1 aliphatic rings. The van der Waals surface area contributed by atoms with Crippen LogP contribution in [0.25, 0.3) is 0 Å². The molecule has 0 saturated heterocycles. The molecule has 78 valence electrons. The molecule has 1 rings (SSSR count). The largest absolute Gasteiger partial charge is 0.295 e. The highest BCUT2D eigenvalue weighted by molar-refractivity contribution is 5.92. The number of carbonyl (C=O) groups excluding carboxylic acids is 1. The molecule has 0 aromatic heterocycles. The zero-order chi connectivity index (χ0) is 10.7. The van der Waals surface area contributed by atoms with E-state index in [1.807, 2.05) is 6.92 Å². The van der Waals surface area contributed by atoms with Crippen LogP contribution in [0.2, 0.25) is 0 Å². The molecule has 0 bridgehead atoms. The first-order chi connectivity index (χ1) is 6.50. The van der Waals surface area contributed by atoms with E-state index in [-0.39, 0.29) is 5.78 Å². The minimum atomic E-state index is 0.184. The average molecular weight is 192 g/mol. The molecule has 0 heterocycles. The first-order valence-electron chi connectivity index (χ1n) is 5.38. The van der Waals surface area contributed by atoms with Crippen LogP contribution in [0.15, 0.2) is 23.8 Å². The van der Waals surface area contributed by atoms with Crippen molar-refractivity contribution in [1.82, 2.24) is 0 Å². The van der Waals surface area contributed by atoms with Crippen LogP contribution in [-0.4, -0.2) is 5.78 Å². The van der Waals surface area contributed by atoms with Gasteiger partial charge in [0.15, 0.2) is 5.78 Å². The minimum absolute atomic E-state index is 0.184. The Kier molecular flexibility index (Phi) is 3.68. The predicted octanol–water partition coefficient (Wildman–Crippen LogP) is 3.37. The summed E-state index contributed by atoms with van der Waals surface area (Å²) in [6, 6.07) is 0. The van der Waals surface area contributed by atoms with Gasteiger partial charge < -0.3 is 0 Å². The standard InChI is InChI=1S/C13H20O/c1-9-5-6-13(11(3)7-9)8-10(2)12(4)14/h5-6,8-9,11,13H,7H2,1-4H3/b10-8-. The average Bonchev–Trinajstić information content (AvgIpc) is 2.09. The molecule has 0 aromatic rings. The number of rotatable bonds is 2. The maximum atomic E-state index is 11.1. The smallest absolute Gasteiger partial charge is 0.155 e. The van der Waals surface area contributed by atoms with Crippen LogP contribution in [0.4, 0.5) is 0 Å². The molecule has 0 amide bonds. The van der Waals surface area contributed by atoms with Crippen molar-refractivity contribution in [2.75, 3.05) is 0 Å². The van der Waals surface area contributed by atoms with Gasteiger partial charge in [0.05, 0.1) is 0 Å². The third-order valence-electron chi connectivity index (χ3n) is 3.06. The van der Waals surface area contributed by atoms with Gasteiger partial charge in [-0.1, -0.05) is 32.1 Å². The quantitative estimate of drug-likeness (QED) is 0.484. The number of hydrogen-bond donors (Lipinski definition) is 0. The Morgan fingerprint density at radius 1 is 1.29 bits per heavy atom. The van der Waals surface area contributed by atoms with Crippen molar-refractivity contribution in [3.63, 3.8) is 0 Å². The van der Waals surface area contributed by atoms with E-state index in [4.69, 9.17) is 0 Å². The van der Waals surface area contributed by atoms with E-state index < -0.39 is 0 Å². The van der Waals surface area contributed by atoms with Gasteiger partial charge in [0.2, 0.25) is 0 Å². The number of carbonyl (C=O) groups is 1. The maximum absolute atomic E-state index is 11.1. The molecule has 0 aromatic carbocycles. The van der Waals surface area contributed by atoms with Crippen molar-refractivity contribution in [2.45, 2.75) is 34.1 Å². The molecule has 0 aliphatic heterocycles. The molecule has 0 N–H and O–H groups in total. The van der Waals surface area contributed by atoms with Crippen molar-refractivity contribution in [2.24, 2.45) is 17.8 Å². The van der Waals surface area contributed by atoms with Gasteiger partial charge in [0, 0.05) is 0 Å². The monoisotopic (exact) mass is 192 g/mol. The minimum Gasteiger partial charge on any atom is -0.295 e. The lowest BCUT2D eigenvalue weighted by atomic mass is 9.80. The Morgan fingerprint density at radius 3 is 2.43 bits per heavy atom. The number of hydrogen-bond acceptors (Lipinski definition) is 1. The van der Waals surface area contributed by atoms with Gasteiger partial charge in [-0.15, -0.1) is 0 Å². The second-order valence-electron chi connectivity index (χ2n) is 4.56. The highest BCUT2D eigenvalue weighted by Crippen LogP contribution is 2.29. The lowest BCUT2D eigenvalue weighted by molar-refractivity contribution is -0.113. The van der Waals surface area contributed by atoms with Crippen LogP contribution >= 0.6 is 0 Å². The topological polar surface area (TPSA) is 17.1 Å². The SMILES string of the molecule is CC(=O)/C(C)=C\C1C=CC(C)CC1C. The Morgan fingerprint density at radius 2 is 1.93 bits per heavy atom. The first-order valence-corrected chi connectivity index (χ1v) is 5.38. The van der Waals surface area contributed by atoms with E-state index in [0.717, 1.165) is 5.57 Å². The molecule has 14 heavy (non-hydrogen) atoms. The molecule has 1 aliphatic carbocycles. The summed E-state index contributed by atoms with van der Waals surface area (Å²) in [5.74, 6) is 1.98. The molecule has 0 spiro atoms. The Bertz CT molecular complexity index is 273. The van der Waals surface area contributed by atoms with E-state index in [9.17, 15) is 4.79 Å². The third-order valence-corrected chi connectivity index (χ3v) is 3.06. The summed E-state index contributed by atoms with van der Waals surface area (Å²) in [7, 11) is 0. The fourth-order valence-electron chi connectivity index (χ4n) is 1.96. The predicted molar refractivity (Wildman–Crippen MR) is 60.0 cm³/mol. The zero-order valence-electron chi connectivity index (χ0n) is 9.58. The van der Waals surface area contributed by atoms with E-state index in [0.29, 0.717) is 17.8 Å². The number of allylic oxidation sites excluding steroid dienone is 4. The van der Waals surface area contributed by atoms with Crippen LogP contribution in [0.1, 0.15) is 34.1 Å². The van der Waals surface area contributed by atoms with Crippen molar-refractivity contribution < 1.29 is 4.79 Å². The summed E-state index contributed by atoms with van der Waals surface area (Å²) in [6.07, 6.45) is 7.83. The Hall–Kier alpha value is -0.850. The van der Waals surface area contributed by atoms with Gasteiger partial charge in [-0.05, 0) is 43.6 Å². The van der Waals surface area contributed by atoms with Crippen LogP contribution in [-0.2, 0) is 4.79 Å². The fourth-order valence-corrected chi connectivity index (χ4v) is 1.96. The second-order valence-corrected chi connectivity index (χ2v) is 4.56. The molecule has 0 radical (unpaired) electrons. The molecular weight excluding hydrogens is 172 g/mol. The summed E-state index contributed by atoms with van der Waals surface area (Å²) in [5.41, 5.74) is 0.890. The van der Waals surface area contributed by atoms with E-state index in [1.54, 1.807) is 6.92 Å². The molecule has 3 atom stereocenters. The fraction of sp³-hybridized carbons (Fsp3) is 0.615. The Labute approximate surface area is 86.9 Å². The van der Waals surface area contributed by atoms with Crippen molar-refractivity contribution in [1.29, 1.82) is 0 Å². The van der Waals surface area contributed by atoms with Crippen LogP contribution in [0, 0.1) is 17.8 Å². The summed E-state index contributed by atoms with van der Waals surface area (Å²) < 4.78 is 0. The third kappa shape index (κ3) is 2.83. The molecule has 0 fully saturated rings. The second kappa shape index (κ2) is 4.59. The molecule has 3 unspecified atom stereocenters. The lowest BCUT2D eigenvalue weighted by Crippen LogP contribution is -2.15. The first kappa shape index (κ1) is 11.2. The van der Waals surface area contributed by atoms with Gasteiger partial charge in [-0.2, -0.15) is 0 Å². The molecule has 0 saturated carbocycles. The summed E-state index contributed by atoms with van der Waals surface area (Å²) in [4.78, 5) is 11.1. The molecule has 1 nitrogen and oxygen atoms in total. The highest BCUT2D eigenvalue weighted by Gasteiger charge is 2.19. The van der Waals surface area contributed by atoms with Gasteiger partial charge in [0.25, 0.3) is 0 Å². The van der Waals surface area contributed by atoms with Gasteiger partial charge in [-0.3, -0.25) is 4.79 Å². The van der Waals surface area contributed by atoms with Crippen LogP contribution in [0.5, 0.6) is 0 Å². The van der Waals surface area contributed by atoms with Gasteiger partial charge in [0.1, 0.15) is 0 Å². The highest BCUT2D eigenvalue weighted by atomic mass is 16.1. The summed E-state index contributed by atoms with van der Waals surface area (Å²) >= 11 is 0. The summed E-state index contributed by atoms with van der Waals surface area (Å²) in [5, 5.41) is 0. The van der Waals surface area contributed by atoms with Crippen molar-refractivity contribution >= 4 is 5.78 Å². The summed E-state index contributed by atoms with van der Waals surface area (Å²) in [6.45, 7) is 8.03. The van der Waals surface area contributed by atoms with Crippen LogP contribution < -0.4 is 0 Å². The Balaban J connectivity index is 2.74. The van der Waals surface area contributed by atoms with E-state index in [2.05, 4.69) is 32.1 Å². The molecular formula is C13H20O. The number of Topliss-reactive ketones (excluding diaryl/α,β-unsaturated/α-hetero) is 1. The van der Waals surface area contributed by atoms with Crippen molar-refractivity contribution in [3.05, 3.63) is 23.8 Å². The van der Waals surface area contributed by atoms with E-state index >= 15 is 0 Å². The maximum Gasteiger partial charge on any atom is 0.155 e. The zero-order valence-corrected chi connectivity index (χ0v) is 9.58. The van der Waals surface area contributed by atoms with Gasteiger partial charge in [-0.25, -0.2) is 0 Å². The molecule has 1 heteroatoms. The van der Waals surface area contributed by atoms with Crippen molar-refractivity contribution in [3.8, 4) is 0 Å². The normalized spacial score (nSPS) is 33.1. The van der Waals surface area contributed by atoms with Crippen LogP contribution in [0.3, 0.4) is 0 Å². The number of ketones is 1. The lowest BCUT2D eigenvalue weighted by Gasteiger charge is -2.25. The van der Waals surface area contributed by atoms with E-state index in [1.165, 1.54) is 6.42 Å². The van der Waals surface area contributed by atoms with Gasteiger partial charge >= 0.3 is 0 Å².